The molecule has 0 spiro atoms. The van der Waals surface area contributed by atoms with Crippen LogP contribution in [0.1, 0.15) is 31.1 Å². The first-order valence-corrected chi connectivity index (χ1v) is 8.15. The smallest absolute Gasteiger partial charge is 0.221 e. The summed E-state index contributed by atoms with van der Waals surface area (Å²) in [5.74, 6) is -0.0931. The van der Waals surface area contributed by atoms with Crippen LogP contribution in [-0.2, 0) is 11.2 Å². The molecule has 0 saturated heterocycles. The topological polar surface area (TPSA) is 102 Å². The molecule has 2 aromatic rings. The van der Waals surface area contributed by atoms with Crippen LogP contribution in [-0.4, -0.2) is 33.8 Å². The Labute approximate surface area is 147 Å². The highest BCUT2D eigenvalue weighted by Crippen LogP contribution is 2.27. The number of anilines is 1. The number of aliphatic hydroxyl groups is 1. The molecule has 6 nitrogen and oxygen atoms in total. The molecule has 134 valence electrons. The van der Waals surface area contributed by atoms with Crippen LogP contribution in [0.3, 0.4) is 0 Å². The molecule has 1 amide bonds. The summed E-state index contributed by atoms with van der Waals surface area (Å²) in [6.45, 7) is 3.71. The molecule has 6 heteroatoms. The van der Waals surface area contributed by atoms with Crippen LogP contribution in [0.2, 0.25) is 0 Å². The van der Waals surface area contributed by atoms with Crippen molar-refractivity contribution in [2.24, 2.45) is 0 Å². The third-order valence-corrected chi connectivity index (χ3v) is 3.85. The molecule has 5 N–H and O–H groups in total. The number of phenolic OH excluding ortho intramolecular Hbond substituents is 2. The van der Waals surface area contributed by atoms with Crippen molar-refractivity contribution in [1.29, 1.82) is 0 Å². The molecule has 0 unspecified atom stereocenters. The van der Waals surface area contributed by atoms with Crippen molar-refractivity contribution in [1.82, 2.24) is 5.32 Å². The van der Waals surface area contributed by atoms with Gasteiger partial charge in [0, 0.05) is 19.5 Å². The van der Waals surface area contributed by atoms with Gasteiger partial charge in [-0.15, -0.1) is 0 Å². The molecule has 0 aliphatic heterocycles. The minimum atomic E-state index is -0.768. The molecule has 0 radical (unpaired) electrons. The fourth-order valence-electron chi connectivity index (χ4n) is 2.54. The van der Waals surface area contributed by atoms with Crippen LogP contribution in [0.5, 0.6) is 11.5 Å². The lowest BCUT2D eigenvalue weighted by atomic mass is 10.1. The number of benzene rings is 2. The average Bonchev–Trinajstić information content (AvgIpc) is 2.56. The van der Waals surface area contributed by atoms with Crippen LogP contribution in [0.15, 0.2) is 42.5 Å². The highest BCUT2D eigenvalue weighted by Gasteiger charge is 2.13. The Hall–Kier alpha value is -2.57. The van der Waals surface area contributed by atoms with Gasteiger partial charge < -0.3 is 26.0 Å². The Kier molecular flexibility index (Phi) is 6.38. The predicted octanol–water partition coefficient (Wildman–Crippen LogP) is 2.31. The summed E-state index contributed by atoms with van der Waals surface area (Å²) < 4.78 is 0. The second-order valence-corrected chi connectivity index (χ2v) is 6.15. The van der Waals surface area contributed by atoms with E-state index in [4.69, 9.17) is 0 Å². The van der Waals surface area contributed by atoms with Crippen molar-refractivity contribution in [3.8, 4) is 11.5 Å². The van der Waals surface area contributed by atoms with Gasteiger partial charge in [0.2, 0.25) is 5.91 Å². The van der Waals surface area contributed by atoms with Gasteiger partial charge >= 0.3 is 0 Å². The lowest BCUT2D eigenvalue weighted by molar-refractivity contribution is -0.114. The average molecular weight is 344 g/mol. The number of hydrogen-bond acceptors (Lipinski definition) is 5. The van der Waals surface area contributed by atoms with Crippen LogP contribution in [0, 0.1) is 0 Å². The summed E-state index contributed by atoms with van der Waals surface area (Å²) in [5.41, 5.74) is 1.97. The van der Waals surface area contributed by atoms with E-state index in [2.05, 4.69) is 10.6 Å². The summed E-state index contributed by atoms with van der Waals surface area (Å²) in [6, 6.07) is 11.8. The fourth-order valence-corrected chi connectivity index (χ4v) is 2.54. The molecular weight excluding hydrogens is 320 g/mol. The predicted molar refractivity (Wildman–Crippen MR) is 96.6 cm³/mol. The minimum absolute atomic E-state index is 0.0418. The molecule has 0 fully saturated rings. The highest BCUT2D eigenvalue weighted by atomic mass is 16.3. The third-order valence-electron chi connectivity index (χ3n) is 3.85. The van der Waals surface area contributed by atoms with E-state index < -0.39 is 6.10 Å². The highest BCUT2D eigenvalue weighted by molar-refractivity contribution is 5.90. The van der Waals surface area contributed by atoms with Gasteiger partial charge in [-0.3, -0.25) is 4.79 Å². The summed E-state index contributed by atoms with van der Waals surface area (Å²) >= 11 is 0. The van der Waals surface area contributed by atoms with Crippen molar-refractivity contribution in [2.45, 2.75) is 32.4 Å². The zero-order chi connectivity index (χ0) is 18.4. The largest absolute Gasteiger partial charge is 0.508 e. The second-order valence-electron chi connectivity index (χ2n) is 6.15. The molecule has 2 rings (SSSR count). The summed E-state index contributed by atoms with van der Waals surface area (Å²) in [5, 5.41) is 35.2. The summed E-state index contributed by atoms with van der Waals surface area (Å²) in [7, 11) is 0. The summed E-state index contributed by atoms with van der Waals surface area (Å²) in [6.07, 6.45) is -0.00456. The zero-order valence-corrected chi connectivity index (χ0v) is 14.4. The lowest BCUT2D eigenvalue weighted by Gasteiger charge is -2.18. The van der Waals surface area contributed by atoms with Crippen LogP contribution < -0.4 is 10.6 Å². The van der Waals surface area contributed by atoms with E-state index in [-0.39, 0.29) is 29.1 Å². The van der Waals surface area contributed by atoms with E-state index in [1.165, 1.54) is 13.0 Å². The van der Waals surface area contributed by atoms with E-state index in [0.29, 0.717) is 12.1 Å². The standard InChI is InChI=1S/C19H24N2O4/c1-12(9-14-3-6-16(23)7-4-14)20-11-19(25)15-5-8-18(24)17(10-15)21-13(2)22/h3-8,10,12,19-20,23-25H,9,11H2,1-2H3,(H,21,22)/t12-,19-/m1/s1. The fraction of sp³-hybridized carbons (Fsp3) is 0.316. The SMILES string of the molecule is CC(=O)Nc1cc([C@H](O)CN[C@H](C)Cc2ccc(O)cc2)ccc1O. The monoisotopic (exact) mass is 344 g/mol. The Morgan fingerprint density at radius 1 is 1.12 bits per heavy atom. The molecule has 0 aliphatic rings. The van der Waals surface area contributed by atoms with E-state index in [1.807, 2.05) is 19.1 Å². The number of phenols is 2. The third kappa shape index (κ3) is 5.77. The second kappa shape index (κ2) is 8.50. The lowest BCUT2D eigenvalue weighted by Crippen LogP contribution is -2.32. The number of hydrogen-bond donors (Lipinski definition) is 5. The normalized spacial score (nSPS) is 13.2. The van der Waals surface area contributed by atoms with Crippen molar-refractivity contribution in [3.63, 3.8) is 0 Å². The Morgan fingerprint density at radius 3 is 2.44 bits per heavy atom. The van der Waals surface area contributed by atoms with Crippen molar-refractivity contribution in [2.75, 3.05) is 11.9 Å². The number of carbonyl (C=O) groups excluding carboxylic acids is 1. The van der Waals surface area contributed by atoms with Crippen molar-refractivity contribution in [3.05, 3.63) is 53.6 Å². The molecule has 25 heavy (non-hydrogen) atoms. The molecule has 2 atom stereocenters. The van der Waals surface area contributed by atoms with Gasteiger partial charge in [0.15, 0.2) is 0 Å². The molecular formula is C19H24N2O4. The van der Waals surface area contributed by atoms with Gasteiger partial charge in [0.25, 0.3) is 0 Å². The first-order chi connectivity index (χ1) is 11.8. The molecule has 0 saturated carbocycles. The summed E-state index contributed by atoms with van der Waals surface area (Å²) in [4.78, 5) is 11.1. The maximum atomic E-state index is 11.1. The maximum Gasteiger partial charge on any atom is 0.221 e. The number of rotatable bonds is 7. The Balaban J connectivity index is 1.91. The number of amides is 1. The van der Waals surface area contributed by atoms with Crippen LogP contribution in [0.25, 0.3) is 0 Å². The molecule has 0 aliphatic carbocycles. The van der Waals surface area contributed by atoms with E-state index >= 15 is 0 Å². The molecule has 0 bridgehead atoms. The van der Waals surface area contributed by atoms with Gasteiger partial charge in [0.1, 0.15) is 11.5 Å². The minimum Gasteiger partial charge on any atom is -0.508 e. The number of aromatic hydroxyl groups is 2. The Morgan fingerprint density at radius 2 is 1.80 bits per heavy atom. The zero-order valence-electron chi connectivity index (χ0n) is 14.4. The van der Waals surface area contributed by atoms with E-state index in [0.717, 1.165) is 12.0 Å². The molecule has 0 aromatic heterocycles. The Bertz CT molecular complexity index is 716. The number of aliphatic hydroxyl groups excluding tert-OH is 1. The van der Waals surface area contributed by atoms with Crippen LogP contribution >= 0.6 is 0 Å². The van der Waals surface area contributed by atoms with Gasteiger partial charge in [-0.1, -0.05) is 18.2 Å². The van der Waals surface area contributed by atoms with E-state index in [9.17, 15) is 20.1 Å². The van der Waals surface area contributed by atoms with Gasteiger partial charge in [-0.05, 0) is 48.7 Å². The van der Waals surface area contributed by atoms with Crippen molar-refractivity contribution >= 4 is 11.6 Å². The maximum absolute atomic E-state index is 11.1. The number of nitrogens with one attached hydrogen (secondary N) is 2. The van der Waals surface area contributed by atoms with Gasteiger partial charge in [-0.2, -0.15) is 0 Å². The quantitative estimate of drug-likeness (QED) is 0.496. The van der Waals surface area contributed by atoms with Crippen molar-refractivity contribution < 1.29 is 20.1 Å². The number of carbonyl (C=O) groups is 1. The first-order valence-electron chi connectivity index (χ1n) is 8.15. The first kappa shape index (κ1) is 18.8. The van der Waals surface area contributed by atoms with Gasteiger partial charge in [-0.25, -0.2) is 0 Å². The van der Waals surface area contributed by atoms with Crippen LogP contribution in [0.4, 0.5) is 5.69 Å². The molecule has 2 aromatic carbocycles. The van der Waals surface area contributed by atoms with E-state index in [1.54, 1.807) is 24.3 Å². The van der Waals surface area contributed by atoms with Gasteiger partial charge in [0.05, 0.1) is 11.8 Å². The molecule has 0 heterocycles.